The third-order valence-electron chi connectivity index (χ3n) is 3.41. The lowest BCUT2D eigenvalue weighted by Crippen LogP contribution is -2.30. The molecule has 0 bridgehead atoms. The molecular weight excluding hydrogens is 212 g/mol. The van der Waals surface area contributed by atoms with E-state index in [2.05, 4.69) is 24.0 Å². The Balaban J connectivity index is 2.28. The van der Waals surface area contributed by atoms with Gasteiger partial charge in [0.1, 0.15) is 0 Å². The van der Waals surface area contributed by atoms with Crippen LogP contribution in [0.15, 0.2) is 24.3 Å². The largest absolute Gasteiger partial charge is 0.395 e. The number of benzene rings is 1. The minimum absolute atomic E-state index is 0.0890. The van der Waals surface area contributed by atoms with E-state index in [9.17, 15) is 5.11 Å². The first kappa shape index (κ1) is 12.4. The molecule has 0 heterocycles. The number of nitrogens with zero attached hydrogens (tertiary/aromatic N) is 1. The van der Waals surface area contributed by atoms with Crippen LogP contribution >= 0.6 is 0 Å². The fourth-order valence-corrected chi connectivity index (χ4v) is 2.28. The van der Waals surface area contributed by atoms with Gasteiger partial charge in [0.15, 0.2) is 0 Å². The minimum Gasteiger partial charge on any atom is -0.395 e. The van der Waals surface area contributed by atoms with Gasteiger partial charge < -0.3 is 15.7 Å². The van der Waals surface area contributed by atoms with Crippen molar-refractivity contribution in [1.82, 2.24) is 0 Å². The van der Waals surface area contributed by atoms with Crippen molar-refractivity contribution in [2.75, 3.05) is 18.1 Å². The molecule has 0 spiro atoms. The molecule has 0 aromatic heterocycles. The van der Waals surface area contributed by atoms with Gasteiger partial charge in [-0.25, -0.2) is 0 Å². The van der Waals surface area contributed by atoms with Gasteiger partial charge >= 0.3 is 0 Å². The third-order valence-corrected chi connectivity index (χ3v) is 3.41. The van der Waals surface area contributed by atoms with E-state index in [1.165, 1.54) is 24.1 Å². The molecule has 0 saturated heterocycles. The Morgan fingerprint density at radius 3 is 2.71 bits per heavy atom. The summed E-state index contributed by atoms with van der Waals surface area (Å²) in [7, 11) is 0. The standard InChI is InChI=1S/C14H22N2O/c1-2-13(15)12-5-3-4-6-14(12)16(9-10-17)11-7-8-11/h3-6,11,13,17H,2,7-10,15H2,1H3. The first-order valence-corrected chi connectivity index (χ1v) is 6.50. The van der Waals surface area contributed by atoms with Crippen molar-refractivity contribution >= 4 is 5.69 Å². The predicted molar refractivity (Wildman–Crippen MR) is 71.1 cm³/mol. The Kier molecular flexibility index (Phi) is 4.02. The zero-order chi connectivity index (χ0) is 12.3. The Bertz CT molecular complexity index is 363. The Morgan fingerprint density at radius 1 is 1.41 bits per heavy atom. The summed E-state index contributed by atoms with van der Waals surface area (Å²) in [4.78, 5) is 2.31. The zero-order valence-corrected chi connectivity index (χ0v) is 10.5. The molecule has 3 N–H and O–H groups in total. The molecule has 1 saturated carbocycles. The van der Waals surface area contributed by atoms with Gasteiger partial charge in [-0.05, 0) is 30.9 Å². The van der Waals surface area contributed by atoms with Gasteiger partial charge in [0.2, 0.25) is 0 Å². The summed E-state index contributed by atoms with van der Waals surface area (Å²) in [6.07, 6.45) is 3.40. The van der Waals surface area contributed by atoms with Crippen LogP contribution in [0.5, 0.6) is 0 Å². The van der Waals surface area contributed by atoms with E-state index in [0.717, 1.165) is 6.42 Å². The quantitative estimate of drug-likeness (QED) is 0.792. The number of nitrogens with two attached hydrogens (primary N) is 1. The second-order valence-electron chi connectivity index (χ2n) is 4.72. The van der Waals surface area contributed by atoms with Gasteiger partial charge in [0, 0.05) is 24.3 Å². The van der Waals surface area contributed by atoms with Crippen molar-refractivity contribution in [3.63, 3.8) is 0 Å². The van der Waals surface area contributed by atoms with E-state index in [4.69, 9.17) is 5.73 Å². The Morgan fingerprint density at radius 2 is 2.12 bits per heavy atom. The molecule has 17 heavy (non-hydrogen) atoms. The SMILES string of the molecule is CCC(N)c1ccccc1N(CCO)C1CC1. The molecule has 1 fully saturated rings. The highest BCUT2D eigenvalue weighted by Crippen LogP contribution is 2.35. The fourth-order valence-electron chi connectivity index (χ4n) is 2.28. The van der Waals surface area contributed by atoms with E-state index in [1.54, 1.807) is 0 Å². The number of hydrogen-bond acceptors (Lipinski definition) is 3. The van der Waals surface area contributed by atoms with Crippen LogP contribution in [-0.2, 0) is 0 Å². The molecule has 0 radical (unpaired) electrons. The van der Waals surface area contributed by atoms with Gasteiger partial charge in [0.05, 0.1) is 6.61 Å². The summed E-state index contributed by atoms with van der Waals surface area (Å²) < 4.78 is 0. The van der Waals surface area contributed by atoms with E-state index >= 15 is 0 Å². The number of hydrogen-bond donors (Lipinski definition) is 2. The highest BCUT2D eigenvalue weighted by Gasteiger charge is 2.30. The lowest BCUT2D eigenvalue weighted by Gasteiger charge is -2.28. The van der Waals surface area contributed by atoms with Crippen LogP contribution in [0.3, 0.4) is 0 Å². The number of aliphatic hydroxyl groups excluding tert-OH is 1. The van der Waals surface area contributed by atoms with Crippen LogP contribution in [0.2, 0.25) is 0 Å². The highest BCUT2D eigenvalue weighted by molar-refractivity contribution is 5.56. The van der Waals surface area contributed by atoms with Crippen LogP contribution in [0.1, 0.15) is 37.8 Å². The number of rotatable bonds is 6. The third kappa shape index (κ3) is 2.79. The van der Waals surface area contributed by atoms with E-state index in [0.29, 0.717) is 12.6 Å². The Hall–Kier alpha value is -1.06. The zero-order valence-electron chi connectivity index (χ0n) is 10.5. The maximum Gasteiger partial charge on any atom is 0.0606 e. The first-order valence-electron chi connectivity index (χ1n) is 6.50. The second-order valence-corrected chi connectivity index (χ2v) is 4.72. The summed E-state index contributed by atoms with van der Waals surface area (Å²) in [6, 6.07) is 9.01. The molecule has 1 aromatic carbocycles. The maximum absolute atomic E-state index is 9.19. The molecule has 94 valence electrons. The summed E-state index contributed by atoms with van der Waals surface area (Å²) in [6.45, 7) is 3.01. The summed E-state index contributed by atoms with van der Waals surface area (Å²) in [5.41, 5.74) is 8.57. The van der Waals surface area contributed by atoms with Crippen LogP contribution < -0.4 is 10.6 Å². The monoisotopic (exact) mass is 234 g/mol. The molecule has 0 amide bonds. The Labute approximate surface area is 103 Å². The number of aliphatic hydroxyl groups is 1. The molecule has 0 aliphatic heterocycles. The van der Waals surface area contributed by atoms with Crippen molar-refractivity contribution in [3.8, 4) is 0 Å². The maximum atomic E-state index is 9.19. The summed E-state index contributed by atoms with van der Waals surface area (Å²) >= 11 is 0. The van der Waals surface area contributed by atoms with Gasteiger partial charge in [-0.2, -0.15) is 0 Å². The minimum atomic E-state index is 0.0890. The smallest absolute Gasteiger partial charge is 0.0606 e. The van der Waals surface area contributed by atoms with Crippen molar-refractivity contribution in [1.29, 1.82) is 0 Å². The number of anilines is 1. The van der Waals surface area contributed by atoms with Crippen molar-refractivity contribution < 1.29 is 5.11 Å². The van der Waals surface area contributed by atoms with Crippen molar-refractivity contribution in [2.45, 2.75) is 38.3 Å². The lowest BCUT2D eigenvalue weighted by molar-refractivity contribution is 0.301. The normalized spacial score (nSPS) is 16.9. The molecule has 2 rings (SSSR count). The van der Waals surface area contributed by atoms with Crippen LogP contribution in [0, 0.1) is 0 Å². The van der Waals surface area contributed by atoms with Gasteiger partial charge in [0.25, 0.3) is 0 Å². The molecule has 3 nitrogen and oxygen atoms in total. The molecule has 1 unspecified atom stereocenters. The van der Waals surface area contributed by atoms with Gasteiger partial charge in [-0.1, -0.05) is 25.1 Å². The van der Waals surface area contributed by atoms with Gasteiger partial charge in [-0.15, -0.1) is 0 Å². The molecule has 1 aromatic rings. The molecular formula is C14H22N2O. The van der Waals surface area contributed by atoms with E-state index < -0.39 is 0 Å². The molecule has 3 heteroatoms. The fraction of sp³-hybridized carbons (Fsp3) is 0.571. The topological polar surface area (TPSA) is 49.5 Å². The van der Waals surface area contributed by atoms with E-state index in [1.807, 2.05) is 12.1 Å². The van der Waals surface area contributed by atoms with Crippen molar-refractivity contribution in [2.24, 2.45) is 5.73 Å². The van der Waals surface area contributed by atoms with Crippen LogP contribution in [0.25, 0.3) is 0 Å². The van der Waals surface area contributed by atoms with Crippen molar-refractivity contribution in [3.05, 3.63) is 29.8 Å². The molecule has 1 aliphatic carbocycles. The average molecular weight is 234 g/mol. The molecule has 1 atom stereocenters. The predicted octanol–water partition coefficient (Wildman–Crippen LogP) is 2.06. The summed E-state index contributed by atoms with van der Waals surface area (Å²) in [5, 5.41) is 9.19. The van der Waals surface area contributed by atoms with E-state index in [-0.39, 0.29) is 12.6 Å². The van der Waals surface area contributed by atoms with Crippen LogP contribution in [-0.4, -0.2) is 24.3 Å². The number of para-hydroxylation sites is 1. The average Bonchev–Trinajstić information content (AvgIpc) is 3.19. The first-order chi connectivity index (χ1) is 8.27. The second kappa shape index (κ2) is 5.52. The summed E-state index contributed by atoms with van der Waals surface area (Å²) in [5.74, 6) is 0. The van der Waals surface area contributed by atoms with Crippen LogP contribution in [0.4, 0.5) is 5.69 Å². The highest BCUT2D eigenvalue weighted by atomic mass is 16.3. The lowest BCUT2D eigenvalue weighted by atomic mass is 10.0. The molecule has 1 aliphatic rings. The van der Waals surface area contributed by atoms with Gasteiger partial charge in [-0.3, -0.25) is 0 Å².